The molecule has 6 heteroatoms. The first-order chi connectivity index (χ1) is 9.30. The lowest BCUT2D eigenvalue weighted by molar-refractivity contribution is -0.0107. The van der Waals surface area contributed by atoms with Crippen molar-refractivity contribution < 1.29 is 18.7 Å². The summed E-state index contributed by atoms with van der Waals surface area (Å²) in [6, 6.07) is 0. The van der Waals surface area contributed by atoms with Crippen molar-refractivity contribution in [3.8, 4) is 6.26 Å². The fourth-order valence-corrected chi connectivity index (χ4v) is 3.30. The van der Waals surface area contributed by atoms with E-state index in [4.69, 9.17) is 10.00 Å². The monoisotopic (exact) mass is 286 g/mol. The molecule has 0 aliphatic heterocycles. The third kappa shape index (κ3) is 5.24. The van der Waals surface area contributed by atoms with Gasteiger partial charge in [-0.2, -0.15) is 5.26 Å². The lowest BCUT2D eigenvalue weighted by atomic mass is 9.63. The van der Waals surface area contributed by atoms with E-state index in [0.29, 0.717) is 13.0 Å². The van der Waals surface area contributed by atoms with Crippen molar-refractivity contribution >= 4 is 6.09 Å². The molecular formula is C14H23FN2O3. The van der Waals surface area contributed by atoms with E-state index >= 15 is 0 Å². The van der Waals surface area contributed by atoms with E-state index in [2.05, 4.69) is 30.8 Å². The molecule has 0 saturated heterocycles. The molecule has 0 bridgehead atoms. The van der Waals surface area contributed by atoms with Crippen LogP contribution in [0.1, 0.15) is 40.0 Å². The topological polar surface area (TPSA) is 71.3 Å². The fourth-order valence-electron chi connectivity index (χ4n) is 3.30. The zero-order valence-corrected chi connectivity index (χ0v) is 12.4. The molecule has 5 nitrogen and oxygen atoms in total. The summed E-state index contributed by atoms with van der Waals surface area (Å²) in [7, 11) is 0. The van der Waals surface area contributed by atoms with E-state index in [0.717, 1.165) is 12.8 Å². The zero-order chi connectivity index (χ0) is 15.2. The number of alkyl carbamates (subject to hydrolysis) is 1. The molecule has 20 heavy (non-hydrogen) atoms. The molecule has 1 fully saturated rings. The summed E-state index contributed by atoms with van der Waals surface area (Å²) >= 11 is 0. The Morgan fingerprint density at radius 3 is 2.75 bits per heavy atom. The van der Waals surface area contributed by atoms with Crippen molar-refractivity contribution in [2.75, 3.05) is 19.8 Å². The fraction of sp³-hybridized carbons (Fsp3) is 0.857. The molecule has 1 rings (SSSR count). The van der Waals surface area contributed by atoms with Gasteiger partial charge in [0, 0.05) is 6.54 Å². The van der Waals surface area contributed by atoms with Gasteiger partial charge >= 0.3 is 6.09 Å². The van der Waals surface area contributed by atoms with Gasteiger partial charge < -0.3 is 14.8 Å². The van der Waals surface area contributed by atoms with Crippen LogP contribution in [0.5, 0.6) is 0 Å². The predicted octanol–water partition coefficient (Wildman–Crippen LogP) is 2.76. The first-order valence-corrected chi connectivity index (χ1v) is 6.82. The third-order valence-electron chi connectivity index (χ3n) is 3.60. The van der Waals surface area contributed by atoms with Crippen LogP contribution in [0.3, 0.4) is 0 Å². The largest absolute Gasteiger partial charge is 0.447 e. The van der Waals surface area contributed by atoms with Gasteiger partial charge in [-0.1, -0.05) is 20.8 Å². The summed E-state index contributed by atoms with van der Waals surface area (Å²) in [4.78, 5) is 11.4. The Morgan fingerprint density at radius 2 is 2.15 bits per heavy atom. The summed E-state index contributed by atoms with van der Waals surface area (Å²) in [6.45, 7) is 5.81. The lowest BCUT2D eigenvalue weighted by Gasteiger charge is -2.45. The minimum atomic E-state index is -0.685. The quantitative estimate of drug-likeness (QED) is 0.789. The maximum absolute atomic E-state index is 11.9. The van der Waals surface area contributed by atoms with Crippen LogP contribution < -0.4 is 5.32 Å². The van der Waals surface area contributed by atoms with Crippen LogP contribution in [0.4, 0.5) is 9.18 Å². The van der Waals surface area contributed by atoms with Crippen molar-refractivity contribution in [2.45, 2.75) is 46.1 Å². The maximum atomic E-state index is 11.9. The molecule has 0 heterocycles. The third-order valence-corrected chi connectivity index (χ3v) is 3.60. The van der Waals surface area contributed by atoms with Crippen LogP contribution in [0, 0.1) is 22.3 Å². The number of amides is 1. The average Bonchev–Trinajstić information content (AvgIpc) is 2.32. The second-order valence-corrected chi connectivity index (χ2v) is 6.57. The summed E-state index contributed by atoms with van der Waals surface area (Å²) in [5, 5.41) is 11.3. The van der Waals surface area contributed by atoms with E-state index in [-0.39, 0.29) is 23.5 Å². The molecule has 0 aromatic heterocycles. The van der Waals surface area contributed by atoms with E-state index in [1.165, 1.54) is 0 Å². The molecule has 0 spiro atoms. The number of rotatable bonds is 5. The van der Waals surface area contributed by atoms with E-state index in [1.807, 2.05) is 0 Å². The van der Waals surface area contributed by atoms with Gasteiger partial charge in [0.15, 0.2) is 0 Å². The van der Waals surface area contributed by atoms with Gasteiger partial charge in [-0.25, -0.2) is 9.18 Å². The number of halogens is 1. The Kier molecular flexibility index (Phi) is 5.61. The van der Waals surface area contributed by atoms with Crippen LogP contribution in [-0.2, 0) is 9.47 Å². The molecular weight excluding hydrogens is 263 g/mol. The summed E-state index contributed by atoms with van der Waals surface area (Å²) in [5.74, 6) is 0. The maximum Gasteiger partial charge on any atom is 0.407 e. The summed E-state index contributed by atoms with van der Waals surface area (Å²) in [5.41, 5.74) is -0.128. The Hall–Kier alpha value is -1.51. The minimum Gasteiger partial charge on any atom is -0.447 e. The summed E-state index contributed by atoms with van der Waals surface area (Å²) in [6.07, 6.45) is 3.45. The molecule has 114 valence electrons. The van der Waals surface area contributed by atoms with Crippen LogP contribution in [0.25, 0.3) is 0 Å². The lowest BCUT2D eigenvalue weighted by Crippen LogP contribution is -2.45. The Labute approximate surface area is 119 Å². The van der Waals surface area contributed by atoms with Gasteiger partial charge in [-0.15, -0.1) is 0 Å². The number of nitriles is 1. The Bertz CT molecular complexity index is 381. The van der Waals surface area contributed by atoms with Crippen LogP contribution >= 0.6 is 0 Å². The SMILES string of the molecule is CC1(C)CC(OC#N)CC(C)(CNC(=O)OCCF)C1. The van der Waals surface area contributed by atoms with E-state index in [9.17, 15) is 9.18 Å². The Balaban J connectivity index is 2.57. The molecule has 1 saturated carbocycles. The highest BCUT2D eigenvalue weighted by atomic mass is 19.1. The number of nitrogens with zero attached hydrogens (tertiary/aromatic N) is 1. The van der Waals surface area contributed by atoms with Crippen molar-refractivity contribution in [1.82, 2.24) is 5.32 Å². The molecule has 0 aromatic carbocycles. The second kappa shape index (κ2) is 6.78. The van der Waals surface area contributed by atoms with Gasteiger partial charge in [-0.05, 0) is 30.1 Å². The van der Waals surface area contributed by atoms with Crippen LogP contribution in [0.2, 0.25) is 0 Å². The van der Waals surface area contributed by atoms with Crippen LogP contribution in [-0.4, -0.2) is 32.0 Å². The first kappa shape index (κ1) is 16.5. The molecule has 0 aromatic rings. The normalized spacial score (nSPS) is 28.2. The highest BCUT2D eigenvalue weighted by Gasteiger charge is 2.42. The molecule has 1 N–H and O–H groups in total. The first-order valence-electron chi connectivity index (χ1n) is 6.82. The number of ether oxygens (including phenoxy) is 2. The summed E-state index contributed by atoms with van der Waals surface area (Å²) < 4.78 is 21.7. The van der Waals surface area contributed by atoms with Crippen molar-refractivity contribution in [2.24, 2.45) is 10.8 Å². The van der Waals surface area contributed by atoms with Gasteiger partial charge in [0.2, 0.25) is 0 Å². The van der Waals surface area contributed by atoms with Gasteiger partial charge in [-0.3, -0.25) is 0 Å². The van der Waals surface area contributed by atoms with E-state index in [1.54, 1.807) is 6.26 Å². The van der Waals surface area contributed by atoms with E-state index < -0.39 is 12.8 Å². The predicted molar refractivity (Wildman–Crippen MR) is 71.6 cm³/mol. The highest BCUT2D eigenvalue weighted by Crippen LogP contribution is 2.46. The number of carbonyl (C=O) groups excluding carboxylic acids is 1. The van der Waals surface area contributed by atoms with Crippen LogP contribution in [0.15, 0.2) is 0 Å². The molecule has 1 aliphatic rings. The van der Waals surface area contributed by atoms with Crippen molar-refractivity contribution in [3.63, 3.8) is 0 Å². The van der Waals surface area contributed by atoms with Crippen molar-refractivity contribution in [3.05, 3.63) is 0 Å². The van der Waals surface area contributed by atoms with Gasteiger partial charge in [0.25, 0.3) is 6.26 Å². The molecule has 2 atom stereocenters. The molecule has 1 amide bonds. The van der Waals surface area contributed by atoms with Gasteiger partial charge in [0.05, 0.1) is 0 Å². The number of hydrogen-bond acceptors (Lipinski definition) is 4. The molecule has 2 unspecified atom stereocenters. The Morgan fingerprint density at radius 1 is 1.45 bits per heavy atom. The highest BCUT2D eigenvalue weighted by molar-refractivity contribution is 5.67. The average molecular weight is 286 g/mol. The number of nitrogens with one attached hydrogen (secondary N) is 1. The number of alkyl halides is 1. The standard InChI is InChI=1S/C14H23FN2O3/c1-13(2)6-11(20-10-16)7-14(3,8-13)9-17-12(18)19-5-4-15/h11H,4-9H2,1-3H3,(H,17,18). The number of hydrogen-bond donors (Lipinski definition) is 1. The second-order valence-electron chi connectivity index (χ2n) is 6.57. The van der Waals surface area contributed by atoms with Gasteiger partial charge in [0.1, 0.15) is 19.4 Å². The number of carbonyl (C=O) groups is 1. The molecule has 1 aliphatic carbocycles. The molecule has 0 radical (unpaired) electrons. The zero-order valence-electron chi connectivity index (χ0n) is 12.4. The van der Waals surface area contributed by atoms with Crippen molar-refractivity contribution in [1.29, 1.82) is 5.26 Å². The smallest absolute Gasteiger partial charge is 0.407 e. The minimum absolute atomic E-state index is 0.0407.